The van der Waals surface area contributed by atoms with E-state index in [9.17, 15) is 0 Å². The molecule has 1 N–H and O–H groups in total. The third-order valence-corrected chi connectivity index (χ3v) is 1.77. The van der Waals surface area contributed by atoms with Crippen LogP contribution in [0.3, 0.4) is 0 Å². The Bertz CT molecular complexity index is 265. The monoisotopic (exact) mass is 195 g/mol. The molecule has 0 spiro atoms. The van der Waals surface area contributed by atoms with Gasteiger partial charge in [-0.05, 0) is 31.9 Å². The maximum atomic E-state index is 5.22. The van der Waals surface area contributed by atoms with Gasteiger partial charge in [0.25, 0.3) is 0 Å². The van der Waals surface area contributed by atoms with Gasteiger partial charge in [-0.3, -0.25) is 0 Å². The lowest BCUT2D eigenvalue weighted by Gasteiger charge is -2.04. The second-order valence-electron chi connectivity index (χ2n) is 3.10. The van der Waals surface area contributed by atoms with Crippen molar-refractivity contribution in [3.05, 3.63) is 17.8 Å². The number of anilines is 1. The van der Waals surface area contributed by atoms with Gasteiger partial charge in [0.2, 0.25) is 0 Å². The number of nitrogens with zero attached hydrogens (tertiary/aromatic N) is 2. The molecule has 0 bridgehead atoms. The highest BCUT2D eigenvalue weighted by molar-refractivity contribution is 5.34. The van der Waals surface area contributed by atoms with Crippen molar-refractivity contribution in [1.29, 1.82) is 0 Å². The van der Waals surface area contributed by atoms with E-state index in [1.165, 1.54) is 0 Å². The Labute approximate surface area is 84.7 Å². The maximum Gasteiger partial charge on any atom is 0.148 e. The Hall–Kier alpha value is -1.16. The zero-order valence-electron chi connectivity index (χ0n) is 8.79. The Morgan fingerprint density at radius 1 is 1.50 bits per heavy atom. The zero-order chi connectivity index (χ0) is 10.2. The van der Waals surface area contributed by atoms with Gasteiger partial charge in [-0.1, -0.05) is 0 Å². The molecule has 0 radical (unpaired) electrons. The summed E-state index contributed by atoms with van der Waals surface area (Å²) >= 11 is 0. The van der Waals surface area contributed by atoms with Gasteiger partial charge in [0, 0.05) is 19.8 Å². The first-order valence-electron chi connectivity index (χ1n) is 4.94. The fraction of sp³-hybridized carbons (Fsp3) is 0.600. The molecule has 0 aliphatic carbocycles. The summed E-state index contributed by atoms with van der Waals surface area (Å²) in [5.41, 5.74) is 1.12. The van der Waals surface area contributed by atoms with Crippen molar-refractivity contribution >= 4 is 5.82 Å². The fourth-order valence-electron chi connectivity index (χ4n) is 1.09. The van der Waals surface area contributed by atoms with Gasteiger partial charge in [-0.15, -0.1) is 5.10 Å². The van der Waals surface area contributed by atoms with Crippen LogP contribution in [0.2, 0.25) is 0 Å². The number of hydrogen-bond donors (Lipinski definition) is 1. The molecule has 14 heavy (non-hydrogen) atoms. The minimum Gasteiger partial charge on any atom is -0.382 e. The standard InChI is InChI=1S/C10H17N3O/c1-3-14-6-4-5-11-10-7-9(2)8-12-13-10/h7-8H,3-6H2,1-2H3,(H,11,13). The van der Waals surface area contributed by atoms with Gasteiger partial charge in [0.05, 0.1) is 6.20 Å². The van der Waals surface area contributed by atoms with E-state index in [2.05, 4.69) is 15.5 Å². The van der Waals surface area contributed by atoms with Crippen LogP contribution in [0.15, 0.2) is 12.3 Å². The second-order valence-corrected chi connectivity index (χ2v) is 3.10. The third-order valence-electron chi connectivity index (χ3n) is 1.77. The fourth-order valence-corrected chi connectivity index (χ4v) is 1.09. The smallest absolute Gasteiger partial charge is 0.148 e. The van der Waals surface area contributed by atoms with E-state index in [0.717, 1.165) is 37.6 Å². The average Bonchev–Trinajstić information content (AvgIpc) is 2.18. The van der Waals surface area contributed by atoms with Gasteiger partial charge in [-0.25, -0.2) is 0 Å². The molecule has 0 aliphatic heterocycles. The van der Waals surface area contributed by atoms with Crippen LogP contribution in [0.1, 0.15) is 18.9 Å². The van der Waals surface area contributed by atoms with Crippen LogP contribution < -0.4 is 5.32 Å². The number of hydrogen-bond acceptors (Lipinski definition) is 4. The predicted octanol–water partition coefficient (Wildman–Crippen LogP) is 1.62. The van der Waals surface area contributed by atoms with Gasteiger partial charge >= 0.3 is 0 Å². The van der Waals surface area contributed by atoms with Crippen molar-refractivity contribution in [3.63, 3.8) is 0 Å². The molecule has 0 aromatic carbocycles. The second kappa shape index (κ2) is 6.32. The molecule has 1 heterocycles. The average molecular weight is 195 g/mol. The highest BCUT2D eigenvalue weighted by Gasteiger charge is 1.93. The predicted molar refractivity (Wildman–Crippen MR) is 56.4 cm³/mol. The number of aryl methyl sites for hydroxylation is 1. The van der Waals surface area contributed by atoms with E-state index in [-0.39, 0.29) is 0 Å². The van der Waals surface area contributed by atoms with Gasteiger partial charge in [0.1, 0.15) is 5.82 Å². The lowest BCUT2D eigenvalue weighted by atomic mass is 10.3. The van der Waals surface area contributed by atoms with Crippen LogP contribution in [0.5, 0.6) is 0 Å². The van der Waals surface area contributed by atoms with Crippen molar-refractivity contribution < 1.29 is 4.74 Å². The summed E-state index contributed by atoms with van der Waals surface area (Å²) in [6.45, 7) is 6.45. The number of nitrogens with one attached hydrogen (secondary N) is 1. The van der Waals surface area contributed by atoms with Crippen LogP contribution in [0.4, 0.5) is 5.82 Å². The van der Waals surface area contributed by atoms with Crippen molar-refractivity contribution in [2.45, 2.75) is 20.3 Å². The normalized spacial score (nSPS) is 10.1. The molecule has 1 aromatic rings. The molecule has 4 heteroatoms. The van der Waals surface area contributed by atoms with Crippen molar-refractivity contribution in [2.75, 3.05) is 25.1 Å². The largest absolute Gasteiger partial charge is 0.382 e. The molecule has 0 saturated heterocycles. The van der Waals surface area contributed by atoms with Crippen molar-refractivity contribution in [2.24, 2.45) is 0 Å². The minimum absolute atomic E-state index is 0.782. The van der Waals surface area contributed by atoms with Gasteiger partial charge < -0.3 is 10.1 Å². The maximum absolute atomic E-state index is 5.22. The highest BCUT2D eigenvalue weighted by atomic mass is 16.5. The molecule has 0 unspecified atom stereocenters. The summed E-state index contributed by atoms with van der Waals surface area (Å²) in [5, 5.41) is 11.0. The molecular formula is C10H17N3O. The number of rotatable bonds is 6. The molecule has 0 amide bonds. The van der Waals surface area contributed by atoms with E-state index in [1.807, 2.05) is 19.9 Å². The van der Waals surface area contributed by atoms with E-state index < -0.39 is 0 Å². The van der Waals surface area contributed by atoms with Gasteiger partial charge in [-0.2, -0.15) is 5.10 Å². The van der Waals surface area contributed by atoms with E-state index in [1.54, 1.807) is 6.20 Å². The van der Waals surface area contributed by atoms with Crippen molar-refractivity contribution in [3.8, 4) is 0 Å². The first-order valence-corrected chi connectivity index (χ1v) is 4.94. The summed E-state index contributed by atoms with van der Waals surface area (Å²) in [4.78, 5) is 0. The summed E-state index contributed by atoms with van der Waals surface area (Å²) in [7, 11) is 0. The number of aromatic nitrogens is 2. The Balaban J connectivity index is 2.18. The lowest BCUT2D eigenvalue weighted by molar-refractivity contribution is 0.147. The summed E-state index contributed by atoms with van der Waals surface area (Å²) in [6, 6.07) is 1.98. The van der Waals surface area contributed by atoms with E-state index >= 15 is 0 Å². The number of ether oxygens (including phenoxy) is 1. The summed E-state index contributed by atoms with van der Waals surface area (Å²) < 4.78 is 5.22. The SMILES string of the molecule is CCOCCCNc1cc(C)cnn1. The molecular weight excluding hydrogens is 178 g/mol. The van der Waals surface area contributed by atoms with Crippen LogP contribution in [-0.2, 0) is 4.74 Å². The molecule has 1 aromatic heterocycles. The lowest BCUT2D eigenvalue weighted by Crippen LogP contribution is -2.07. The quantitative estimate of drug-likeness (QED) is 0.701. The minimum atomic E-state index is 0.782. The molecule has 4 nitrogen and oxygen atoms in total. The molecule has 78 valence electrons. The van der Waals surface area contributed by atoms with Crippen LogP contribution in [-0.4, -0.2) is 30.0 Å². The molecule has 0 fully saturated rings. The molecule has 1 rings (SSSR count). The first kappa shape index (κ1) is 10.9. The first-order chi connectivity index (χ1) is 6.83. The van der Waals surface area contributed by atoms with Gasteiger partial charge in [0.15, 0.2) is 0 Å². The zero-order valence-corrected chi connectivity index (χ0v) is 8.79. The summed E-state index contributed by atoms with van der Waals surface area (Å²) in [5.74, 6) is 0.835. The third kappa shape index (κ3) is 4.18. The van der Waals surface area contributed by atoms with Crippen LogP contribution >= 0.6 is 0 Å². The van der Waals surface area contributed by atoms with E-state index in [4.69, 9.17) is 4.74 Å². The van der Waals surface area contributed by atoms with Crippen LogP contribution in [0.25, 0.3) is 0 Å². The van der Waals surface area contributed by atoms with E-state index in [0.29, 0.717) is 0 Å². The Morgan fingerprint density at radius 3 is 3.07 bits per heavy atom. The Morgan fingerprint density at radius 2 is 2.36 bits per heavy atom. The highest BCUT2D eigenvalue weighted by Crippen LogP contribution is 2.02. The van der Waals surface area contributed by atoms with Crippen molar-refractivity contribution in [1.82, 2.24) is 10.2 Å². The summed E-state index contributed by atoms with van der Waals surface area (Å²) in [6.07, 6.45) is 2.73. The molecule has 0 saturated carbocycles. The molecule has 0 atom stereocenters. The molecule has 0 aliphatic rings. The van der Waals surface area contributed by atoms with Crippen LogP contribution in [0, 0.1) is 6.92 Å². The topological polar surface area (TPSA) is 47.0 Å². The Kier molecular flexibility index (Phi) is 4.93.